The summed E-state index contributed by atoms with van der Waals surface area (Å²) in [5.74, 6) is 0.299. The first-order chi connectivity index (χ1) is 8.34. The molecule has 18 heavy (non-hydrogen) atoms. The molecule has 0 amide bonds. The maximum absolute atomic E-state index is 12.4. The molecule has 0 aliphatic heterocycles. The van der Waals surface area contributed by atoms with Gasteiger partial charge in [0.05, 0.1) is 10.6 Å². The number of unbranched alkanes of at least 4 members (excludes halogenated alkanes) is 1. The lowest BCUT2D eigenvalue weighted by atomic mass is 10.1. The van der Waals surface area contributed by atoms with Gasteiger partial charge < -0.3 is 5.32 Å². The van der Waals surface area contributed by atoms with Crippen LogP contribution in [0.1, 0.15) is 38.7 Å². The maximum Gasteiger partial charge on any atom is 0.417 e. The number of aromatic nitrogens is 1. The molecule has 0 aliphatic rings. The van der Waals surface area contributed by atoms with Gasteiger partial charge in [-0.25, -0.2) is 4.98 Å². The van der Waals surface area contributed by atoms with Gasteiger partial charge in [0.1, 0.15) is 5.82 Å². The lowest BCUT2D eigenvalue weighted by molar-refractivity contribution is -0.137. The first-order valence-corrected chi connectivity index (χ1v) is 6.21. The largest absolute Gasteiger partial charge is 0.417 e. The quantitative estimate of drug-likeness (QED) is 0.842. The molecule has 0 fully saturated rings. The zero-order valence-electron chi connectivity index (χ0n) is 10.3. The molecular weight excluding hydrogens is 265 g/mol. The van der Waals surface area contributed by atoms with E-state index in [0.717, 1.165) is 31.5 Å². The van der Waals surface area contributed by atoms with Gasteiger partial charge in [0, 0.05) is 12.2 Å². The number of hydrogen-bond donors (Lipinski definition) is 1. The number of alkyl halides is 3. The lowest BCUT2D eigenvalue weighted by Crippen LogP contribution is -2.16. The van der Waals surface area contributed by atoms with Crippen LogP contribution < -0.4 is 5.32 Å². The molecule has 0 saturated heterocycles. The zero-order valence-corrected chi connectivity index (χ0v) is 11.1. The maximum atomic E-state index is 12.4. The van der Waals surface area contributed by atoms with Crippen molar-refractivity contribution in [3.8, 4) is 0 Å². The minimum atomic E-state index is -4.41. The van der Waals surface area contributed by atoms with Crippen LogP contribution >= 0.6 is 11.6 Å². The molecule has 1 rings (SSSR count). The first-order valence-electron chi connectivity index (χ1n) is 5.84. The SMILES string of the molecule is CCCCC(C)Nc1ncc(C(F)(F)F)cc1Cl. The number of nitrogens with one attached hydrogen (secondary N) is 1. The Morgan fingerprint density at radius 1 is 1.44 bits per heavy atom. The Morgan fingerprint density at radius 2 is 2.11 bits per heavy atom. The lowest BCUT2D eigenvalue weighted by Gasteiger charge is -2.16. The molecule has 1 atom stereocenters. The molecule has 0 radical (unpaired) electrons. The van der Waals surface area contributed by atoms with E-state index in [4.69, 9.17) is 11.6 Å². The van der Waals surface area contributed by atoms with Crippen molar-refractivity contribution < 1.29 is 13.2 Å². The van der Waals surface area contributed by atoms with Crippen molar-refractivity contribution in [2.75, 3.05) is 5.32 Å². The van der Waals surface area contributed by atoms with Crippen molar-refractivity contribution in [2.24, 2.45) is 0 Å². The molecule has 1 N–H and O–H groups in total. The summed E-state index contributed by atoms with van der Waals surface area (Å²) in [5.41, 5.74) is -0.834. The first kappa shape index (κ1) is 15.1. The van der Waals surface area contributed by atoms with Crippen LogP contribution in [0.2, 0.25) is 5.02 Å². The van der Waals surface area contributed by atoms with E-state index < -0.39 is 11.7 Å². The van der Waals surface area contributed by atoms with Gasteiger partial charge in [-0.2, -0.15) is 13.2 Å². The fourth-order valence-corrected chi connectivity index (χ4v) is 1.74. The highest BCUT2D eigenvalue weighted by Gasteiger charge is 2.31. The second-order valence-corrected chi connectivity index (χ2v) is 4.65. The third-order valence-electron chi connectivity index (χ3n) is 2.54. The second kappa shape index (κ2) is 6.27. The van der Waals surface area contributed by atoms with E-state index in [1.165, 1.54) is 0 Å². The number of halogens is 4. The van der Waals surface area contributed by atoms with Crippen molar-refractivity contribution in [2.45, 2.75) is 45.3 Å². The highest BCUT2D eigenvalue weighted by Crippen LogP contribution is 2.32. The van der Waals surface area contributed by atoms with E-state index >= 15 is 0 Å². The van der Waals surface area contributed by atoms with E-state index in [1.807, 2.05) is 6.92 Å². The number of anilines is 1. The molecule has 1 unspecified atom stereocenters. The van der Waals surface area contributed by atoms with Gasteiger partial charge >= 0.3 is 6.18 Å². The van der Waals surface area contributed by atoms with Crippen molar-refractivity contribution >= 4 is 17.4 Å². The Morgan fingerprint density at radius 3 is 2.61 bits per heavy atom. The fourth-order valence-electron chi connectivity index (χ4n) is 1.52. The topological polar surface area (TPSA) is 24.9 Å². The van der Waals surface area contributed by atoms with E-state index in [0.29, 0.717) is 5.82 Å². The summed E-state index contributed by atoms with van der Waals surface area (Å²) >= 11 is 5.79. The molecule has 0 aliphatic carbocycles. The number of hydrogen-bond acceptors (Lipinski definition) is 2. The average molecular weight is 281 g/mol. The fraction of sp³-hybridized carbons (Fsp3) is 0.583. The summed E-state index contributed by atoms with van der Waals surface area (Å²) in [7, 11) is 0. The molecule has 0 aromatic carbocycles. The Bertz CT molecular complexity index is 393. The molecule has 0 spiro atoms. The molecule has 1 heterocycles. The van der Waals surface area contributed by atoms with Crippen molar-refractivity contribution in [3.63, 3.8) is 0 Å². The van der Waals surface area contributed by atoms with Crippen molar-refractivity contribution in [3.05, 3.63) is 22.8 Å². The predicted molar refractivity (Wildman–Crippen MR) is 66.9 cm³/mol. The number of pyridine rings is 1. The smallest absolute Gasteiger partial charge is 0.366 e. The second-order valence-electron chi connectivity index (χ2n) is 4.24. The van der Waals surface area contributed by atoms with Crippen LogP contribution in [0.5, 0.6) is 0 Å². The minimum absolute atomic E-state index is 0.00632. The van der Waals surface area contributed by atoms with E-state index in [-0.39, 0.29) is 11.1 Å². The monoisotopic (exact) mass is 280 g/mol. The summed E-state index contributed by atoms with van der Waals surface area (Å²) in [6.45, 7) is 4.03. The van der Waals surface area contributed by atoms with Gasteiger partial charge in [-0.15, -0.1) is 0 Å². The molecule has 6 heteroatoms. The molecule has 0 bridgehead atoms. The molecule has 1 aromatic rings. The average Bonchev–Trinajstić information content (AvgIpc) is 2.27. The van der Waals surface area contributed by atoms with E-state index in [9.17, 15) is 13.2 Å². The van der Waals surface area contributed by atoms with Crippen molar-refractivity contribution in [1.82, 2.24) is 4.98 Å². The Labute approximate surface area is 110 Å². The summed E-state index contributed by atoms with van der Waals surface area (Å²) in [4.78, 5) is 3.73. The molecular formula is C12H16ClF3N2. The summed E-state index contributed by atoms with van der Waals surface area (Å²) in [6, 6.07) is 1.02. The summed E-state index contributed by atoms with van der Waals surface area (Å²) < 4.78 is 37.2. The third-order valence-corrected chi connectivity index (χ3v) is 2.83. The van der Waals surface area contributed by atoms with Gasteiger partial charge in [0.2, 0.25) is 0 Å². The number of rotatable bonds is 5. The van der Waals surface area contributed by atoms with Gasteiger partial charge in [-0.05, 0) is 19.4 Å². The molecule has 2 nitrogen and oxygen atoms in total. The van der Waals surface area contributed by atoms with Crippen LogP contribution in [0.4, 0.5) is 19.0 Å². The zero-order chi connectivity index (χ0) is 13.8. The molecule has 1 aromatic heterocycles. The van der Waals surface area contributed by atoms with Crippen LogP contribution in [0.15, 0.2) is 12.3 Å². The van der Waals surface area contributed by atoms with Crippen LogP contribution in [0.3, 0.4) is 0 Å². The van der Waals surface area contributed by atoms with Crippen LogP contribution in [0.25, 0.3) is 0 Å². The van der Waals surface area contributed by atoms with Gasteiger partial charge in [0.25, 0.3) is 0 Å². The Balaban J connectivity index is 2.74. The van der Waals surface area contributed by atoms with Crippen LogP contribution in [-0.4, -0.2) is 11.0 Å². The van der Waals surface area contributed by atoms with E-state index in [2.05, 4.69) is 17.2 Å². The summed E-state index contributed by atoms with van der Waals surface area (Å²) in [6.07, 6.45) is -0.577. The van der Waals surface area contributed by atoms with Crippen molar-refractivity contribution in [1.29, 1.82) is 0 Å². The highest BCUT2D eigenvalue weighted by molar-refractivity contribution is 6.32. The Kier molecular flexibility index (Phi) is 5.26. The molecule has 0 saturated carbocycles. The summed E-state index contributed by atoms with van der Waals surface area (Å²) in [5, 5.41) is 3.01. The minimum Gasteiger partial charge on any atom is -0.366 e. The van der Waals surface area contributed by atoms with E-state index in [1.54, 1.807) is 0 Å². The third kappa shape index (κ3) is 4.37. The van der Waals surface area contributed by atoms with Gasteiger partial charge in [-0.1, -0.05) is 31.4 Å². The Hall–Kier alpha value is -0.970. The van der Waals surface area contributed by atoms with Crippen LogP contribution in [-0.2, 0) is 6.18 Å². The standard InChI is InChI=1S/C12H16ClF3N2/c1-3-4-5-8(2)18-11-10(13)6-9(7-17-11)12(14,15)16/h6-8H,3-5H2,1-2H3,(H,17,18). The normalized spacial score (nSPS) is 13.4. The van der Waals surface area contributed by atoms with Gasteiger partial charge in [-0.3, -0.25) is 0 Å². The number of nitrogens with zero attached hydrogens (tertiary/aromatic N) is 1. The van der Waals surface area contributed by atoms with Crippen LogP contribution in [0, 0.1) is 0 Å². The molecule has 102 valence electrons. The predicted octanol–water partition coefficient (Wildman–Crippen LogP) is 4.74. The van der Waals surface area contributed by atoms with Gasteiger partial charge in [0.15, 0.2) is 0 Å². The highest BCUT2D eigenvalue weighted by atomic mass is 35.5.